The molecule has 5 nitrogen and oxygen atoms in total. The number of hydrogen-bond acceptors (Lipinski definition) is 4. The number of carbonyl (C=O) groups excluding carboxylic acids is 3. The Kier molecular flexibility index (Phi) is 5.58. The predicted octanol–water partition coefficient (Wildman–Crippen LogP) is 2.63. The van der Waals surface area contributed by atoms with Crippen molar-refractivity contribution >= 4 is 17.6 Å². The van der Waals surface area contributed by atoms with Gasteiger partial charge in [0.1, 0.15) is 0 Å². The molecule has 26 heavy (non-hydrogen) atoms. The molecule has 0 unspecified atom stereocenters. The molecule has 0 aromatic heterocycles. The summed E-state index contributed by atoms with van der Waals surface area (Å²) in [4.78, 5) is 40.9. The monoisotopic (exact) mass is 350 g/mol. The van der Waals surface area contributed by atoms with Crippen LogP contribution in [0.15, 0.2) is 60.7 Å². The van der Waals surface area contributed by atoms with Crippen molar-refractivity contribution in [3.8, 4) is 0 Å². The van der Waals surface area contributed by atoms with Crippen molar-refractivity contribution in [2.24, 2.45) is 0 Å². The van der Waals surface area contributed by atoms with E-state index in [2.05, 4.69) is 0 Å². The minimum absolute atomic E-state index is 0.0117. The number of likely N-dealkylation sites (tertiary alicyclic amines) is 1. The van der Waals surface area contributed by atoms with Gasteiger partial charge in [-0.2, -0.15) is 0 Å². The molecule has 0 aliphatic carbocycles. The van der Waals surface area contributed by atoms with Gasteiger partial charge in [-0.05, 0) is 31.5 Å². The second kappa shape index (κ2) is 8.06. The van der Waals surface area contributed by atoms with Gasteiger partial charge in [-0.1, -0.05) is 48.5 Å². The van der Waals surface area contributed by atoms with Gasteiger partial charge >= 0.3 is 0 Å². The van der Waals surface area contributed by atoms with E-state index in [1.807, 2.05) is 29.2 Å². The van der Waals surface area contributed by atoms with Crippen molar-refractivity contribution in [2.75, 3.05) is 20.1 Å². The van der Waals surface area contributed by atoms with Crippen LogP contribution >= 0.6 is 0 Å². The van der Waals surface area contributed by atoms with Crippen LogP contribution in [0.1, 0.15) is 33.6 Å². The molecule has 1 aliphatic rings. The van der Waals surface area contributed by atoms with Gasteiger partial charge < -0.3 is 0 Å². The zero-order valence-electron chi connectivity index (χ0n) is 14.8. The average molecular weight is 350 g/mol. The Labute approximate surface area is 153 Å². The van der Waals surface area contributed by atoms with E-state index in [4.69, 9.17) is 0 Å². The first kappa shape index (κ1) is 18.0. The van der Waals surface area contributed by atoms with Crippen molar-refractivity contribution in [1.29, 1.82) is 0 Å². The van der Waals surface area contributed by atoms with Gasteiger partial charge in [0.2, 0.25) is 5.91 Å². The molecule has 0 radical (unpaired) electrons. The Morgan fingerprint density at radius 3 is 2.15 bits per heavy atom. The second-order valence-electron chi connectivity index (χ2n) is 6.49. The molecule has 1 saturated heterocycles. The predicted molar refractivity (Wildman–Crippen MR) is 98.9 cm³/mol. The fourth-order valence-electron chi connectivity index (χ4n) is 3.29. The highest BCUT2D eigenvalue weighted by Crippen LogP contribution is 2.20. The number of benzene rings is 2. The molecule has 1 heterocycles. The molecule has 2 amide bonds. The van der Waals surface area contributed by atoms with E-state index in [9.17, 15) is 14.4 Å². The summed E-state index contributed by atoms with van der Waals surface area (Å²) in [5, 5.41) is 0. The Bertz CT molecular complexity index is 789. The molecule has 0 N–H and O–H groups in total. The zero-order chi connectivity index (χ0) is 18.5. The maximum absolute atomic E-state index is 12.8. The number of nitrogens with zero attached hydrogens (tertiary/aromatic N) is 2. The van der Waals surface area contributed by atoms with Gasteiger partial charge in [-0.25, -0.2) is 0 Å². The van der Waals surface area contributed by atoms with Crippen LogP contribution in [0.25, 0.3) is 0 Å². The quantitative estimate of drug-likeness (QED) is 0.614. The van der Waals surface area contributed by atoms with Crippen molar-refractivity contribution in [2.45, 2.75) is 18.9 Å². The molecule has 1 atom stereocenters. The molecule has 0 saturated carbocycles. The van der Waals surface area contributed by atoms with Gasteiger partial charge in [0, 0.05) is 18.2 Å². The third-order valence-corrected chi connectivity index (χ3v) is 4.75. The van der Waals surface area contributed by atoms with E-state index >= 15 is 0 Å². The number of ketones is 1. The summed E-state index contributed by atoms with van der Waals surface area (Å²) in [6.45, 7) is 0.871. The number of rotatable bonds is 5. The van der Waals surface area contributed by atoms with Crippen LogP contribution in [0.4, 0.5) is 0 Å². The van der Waals surface area contributed by atoms with E-state index in [0.29, 0.717) is 24.1 Å². The first-order valence-electron chi connectivity index (χ1n) is 8.77. The molecular formula is C21H22N2O3. The molecule has 3 rings (SSSR count). The van der Waals surface area contributed by atoms with Crippen LogP contribution in [-0.4, -0.2) is 53.6 Å². The van der Waals surface area contributed by atoms with Crippen LogP contribution in [0, 0.1) is 0 Å². The fourth-order valence-corrected chi connectivity index (χ4v) is 3.29. The molecule has 5 heteroatoms. The lowest BCUT2D eigenvalue weighted by Gasteiger charge is -2.26. The summed E-state index contributed by atoms with van der Waals surface area (Å²) in [6.07, 6.45) is 1.50. The van der Waals surface area contributed by atoms with Crippen LogP contribution in [0.5, 0.6) is 0 Å². The lowest BCUT2D eigenvalue weighted by atomic mass is 10.1. The summed E-state index contributed by atoms with van der Waals surface area (Å²) >= 11 is 0. The molecular weight excluding hydrogens is 328 g/mol. The third kappa shape index (κ3) is 3.89. The SMILES string of the molecule is CN(C(=O)c1ccccc1)C(=O)[C@@H]1CCCN1CC(=O)c1ccccc1. The van der Waals surface area contributed by atoms with E-state index in [0.717, 1.165) is 6.42 Å². The van der Waals surface area contributed by atoms with Crippen molar-refractivity contribution in [3.05, 3.63) is 71.8 Å². The fraction of sp³-hybridized carbons (Fsp3) is 0.286. The lowest BCUT2D eigenvalue weighted by Crippen LogP contribution is -2.47. The first-order chi connectivity index (χ1) is 12.6. The largest absolute Gasteiger partial charge is 0.293 e. The standard InChI is InChI=1S/C21H22N2O3/c1-22(20(25)17-11-6-3-7-12-17)21(26)18-13-8-14-23(18)15-19(24)16-9-4-2-5-10-16/h2-7,9-12,18H,8,13-15H2,1H3/t18-/m0/s1. The maximum Gasteiger partial charge on any atom is 0.260 e. The summed E-state index contributed by atoms with van der Waals surface area (Å²) < 4.78 is 0. The highest BCUT2D eigenvalue weighted by Gasteiger charge is 2.35. The molecule has 1 fully saturated rings. The van der Waals surface area contributed by atoms with E-state index in [1.165, 1.54) is 11.9 Å². The molecule has 0 bridgehead atoms. The van der Waals surface area contributed by atoms with Crippen LogP contribution < -0.4 is 0 Å². The Balaban J connectivity index is 1.68. The zero-order valence-corrected chi connectivity index (χ0v) is 14.8. The van der Waals surface area contributed by atoms with Gasteiger partial charge in [0.25, 0.3) is 5.91 Å². The van der Waals surface area contributed by atoms with Crippen LogP contribution in [-0.2, 0) is 4.79 Å². The molecule has 1 aliphatic heterocycles. The molecule has 134 valence electrons. The van der Waals surface area contributed by atoms with Crippen molar-refractivity contribution in [1.82, 2.24) is 9.80 Å². The minimum atomic E-state index is -0.430. The highest BCUT2D eigenvalue weighted by atomic mass is 16.2. The summed E-state index contributed by atoms with van der Waals surface area (Å²) in [6, 6.07) is 17.4. The molecule has 2 aromatic carbocycles. The van der Waals surface area contributed by atoms with Crippen LogP contribution in [0.2, 0.25) is 0 Å². The highest BCUT2D eigenvalue weighted by molar-refractivity contribution is 6.06. The second-order valence-corrected chi connectivity index (χ2v) is 6.49. The number of carbonyl (C=O) groups is 3. The first-order valence-corrected chi connectivity index (χ1v) is 8.77. The number of Topliss-reactive ketones (excluding diaryl/α,β-unsaturated/α-hetero) is 1. The van der Waals surface area contributed by atoms with Gasteiger partial charge in [0.15, 0.2) is 5.78 Å². The Morgan fingerprint density at radius 1 is 0.962 bits per heavy atom. The molecule has 0 spiro atoms. The maximum atomic E-state index is 12.8. The van der Waals surface area contributed by atoms with Gasteiger partial charge in [-0.15, -0.1) is 0 Å². The minimum Gasteiger partial charge on any atom is -0.293 e. The number of likely N-dealkylation sites (N-methyl/N-ethyl adjacent to an activating group) is 1. The Morgan fingerprint density at radius 2 is 1.54 bits per heavy atom. The van der Waals surface area contributed by atoms with E-state index in [-0.39, 0.29) is 24.1 Å². The van der Waals surface area contributed by atoms with E-state index in [1.54, 1.807) is 36.4 Å². The van der Waals surface area contributed by atoms with Gasteiger partial charge in [0.05, 0.1) is 12.6 Å². The summed E-state index contributed by atoms with van der Waals surface area (Å²) in [5.74, 6) is -0.587. The lowest BCUT2D eigenvalue weighted by molar-refractivity contribution is -0.132. The number of amides is 2. The number of hydrogen-bond donors (Lipinski definition) is 0. The summed E-state index contributed by atoms with van der Waals surface area (Å²) in [7, 11) is 1.51. The topological polar surface area (TPSA) is 57.7 Å². The third-order valence-electron chi connectivity index (χ3n) is 4.75. The summed E-state index contributed by atoms with van der Waals surface area (Å²) in [5.41, 5.74) is 1.12. The molecule has 2 aromatic rings. The number of imide groups is 1. The average Bonchev–Trinajstić information content (AvgIpc) is 3.15. The van der Waals surface area contributed by atoms with Crippen molar-refractivity contribution < 1.29 is 14.4 Å². The Hall–Kier alpha value is -2.79. The van der Waals surface area contributed by atoms with Crippen molar-refractivity contribution in [3.63, 3.8) is 0 Å². The smallest absolute Gasteiger partial charge is 0.260 e. The van der Waals surface area contributed by atoms with E-state index < -0.39 is 6.04 Å². The normalized spacial score (nSPS) is 17.0. The van der Waals surface area contributed by atoms with Crippen LogP contribution in [0.3, 0.4) is 0 Å². The van der Waals surface area contributed by atoms with Gasteiger partial charge in [-0.3, -0.25) is 24.2 Å².